The van der Waals surface area contributed by atoms with Crippen molar-refractivity contribution in [2.45, 2.75) is 25.7 Å². The van der Waals surface area contributed by atoms with Crippen LogP contribution in [0.5, 0.6) is 0 Å². The van der Waals surface area contributed by atoms with Gasteiger partial charge in [-0.2, -0.15) is 0 Å². The lowest BCUT2D eigenvalue weighted by Gasteiger charge is -2.09. The van der Waals surface area contributed by atoms with Gasteiger partial charge in [0.05, 0.1) is 23.6 Å². The van der Waals surface area contributed by atoms with E-state index in [1.54, 1.807) is 0 Å². The Kier molecular flexibility index (Phi) is 7.01. The Morgan fingerprint density at radius 3 is 1.87 bits per heavy atom. The van der Waals surface area contributed by atoms with Gasteiger partial charge in [0.15, 0.2) is 0 Å². The second-order valence-corrected chi connectivity index (χ2v) is 4.99. The Labute approximate surface area is 136 Å². The fourth-order valence-electron chi connectivity index (χ4n) is 1.57. The summed E-state index contributed by atoms with van der Waals surface area (Å²) in [5, 5.41) is 22.1. The lowest BCUT2D eigenvalue weighted by Crippen LogP contribution is -2.14. The molecule has 0 fully saturated rings. The standard InChI is InChI=1S/C14H15ClN2O6/c15-9-7-8(16-11(18)3-5-13(20)21)1-2-10(9)17-12(19)4-6-14(22)23/h1-2,7H,3-6H2,(H,16,18)(H,17,19)(H,20,21)(H,22,23). The fourth-order valence-corrected chi connectivity index (χ4v) is 1.80. The molecule has 1 aromatic rings. The average molecular weight is 343 g/mol. The third kappa shape index (κ3) is 7.28. The van der Waals surface area contributed by atoms with Crippen LogP contribution in [0.1, 0.15) is 25.7 Å². The van der Waals surface area contributed by atoms with E-state index in [1.807, 2.05) is 0 Å². The zero-order chi connectivity index (χ0) is 17.4. The van der Waals surface area contributed by atoms with Crippen LogP contribution in [-0.2, 0) is 19.2 Å². The molecule has 23 heavy (non-hydrogen) atoms. The molecule has 0 atom stereocenters. The molecule has 8 nitrogen and oxygen atoms in total. The zero-order valence-corrected chi connectivity index (χ0v) is 12.7. The van der Waals surface area contributed by atoms with E-state index in [2.05, 4.69) is 10.6 Å². The molecule has 0 saturated carbocycles. The minimum atomic E-state index is -1.08. The molecule has 0 radical (unpaired) electrons. The Bertz CT molecular complexity index is 632. The van der Waals surface area contributed by atoms with Gasteiger partial charge in [-0.3, -0.25) is 19.2 Å². The number of benzene rings is 1. The van der Waals surface area contributed by atoms with Crippen molar-refractivity contribution in [2.75, 3.05) is 10.6 Å². The van der Waals surface area contributed by atoms with Crippen molar-refractivity contribution in [3.8, 4) is 0 Å². The summed E-state index contributed by atoms with van der Waals surface area (Å²) in [5.41, 5.74) is 0.638. The van der Waals surface area contributed by atoms with Crippen LogP contribution in [0.2, 0.25) is 5.02 Å². The van der Waals surface area contributed by atoms with E-state index in [4.69, 9.17) is 21.8 Å². The molecule has 0 aliphatic carbocycles. The normalized spacial score (nSPS) is 9.96. The first-order valence-electron chi connectivity index (χ1n) is 6.60. The van der Waals surface area contributed by atoms with Crippen LogP contribution in [0.25, 0.3) is 0 Å². The number of nitrogens with one attached hydrogen (secondary N) is 2. The highest BCUT2D eigenvalue weighted by molar-refractivity contribution is 6.34. The van der Waals surface area contributed by atoms with Gasteiger partial charge in [0.25, 0.3) is 0 Å². The molecule has 0 unspecified atom stereocenters. The van der Waals surface area contributed by atoms with Gasteiger partial charge < -0.3 is 20.8 Å². The van der Waals surface area contributed by atoms with Crippen LogP contribution in [0.3, 0.4) is 0 Å². The quantitative estimate of drug-likeness (QED) is 0.570. The van der Waals surface area contributed by atoms with Crippen LogP contribution < -0.4 is 10.6 Å². The monoisotopic (exact) mass is 342 g/mol. The summed E-state index contributed by atoms with van der Waals surface area (Å²) >= 11 is 5.97. The van der Waals surface area contributed by atoms with Gasteiger partial charge in [-0.15, -0.1) is 0 Å². The average Bonchev–Trinajstić information content (AvgIpc) is 2.46. The summed E-state index contributed by atoms with van der Waals surface area (Å²) in [6.45, 7) is 0. The molecule has 1 aromatic carbocycles. The summed E-state index contributed by atoms with van der Waals surface area (Å²) in [4.78, 5) is 43.8. The third-order valence-corrected chi connectivity index (χ3v) is 2.97. The Hall–Kier alpha value is -2.61. The van der Waals surface area contributed by atoms with E-state index in [1.165, 1.54) is 18.2 Å². The van der Waals surface area contributed by atoms with Gasteiger partial charge in [-0.25, -0.2) is 0 Å². The van der Waals surface area contributed by atoms with E-state index < -0.39 is 23.8 Å². The van der Waals surface area contributed by atoms with Gasteiger partial charge in [0.2, 0.25) is 11.8 Å². The molecule has 9 heteroatoms. The number of aliphatic carboxylic acids is 2. The molecule has 0 aromatic heterocycles. The van der Waals surface area contributed by atoms with Crippen molar-refractivity contribution < 1.29 is 29.4 Å². The van der Waals surface area contributed by atoms with Crippen LogP contribution in [0.15, 0.2) is 18.2 Å². The predicted molar refractivity (Wildman–Crippen MR) is 82.5 cm³/mol. The van der Waals surface area contributed by atoms with Gasteiger partial charge in [0, 0.05) is 18.5 Å². The number of halogens is 1. The molecule has 0 heterocycles. The SMILES string of the molecule is O=C(O)CCC(=O)Nc1ccc(NC(=O)CCC(=O)O)c(Cl)c1. The number of carboxylic acid groups (broad SMARTS) is 2. The number of amides is 2. The first-order chi connectivity index (χ1) is 10.8. The molecule has 2 amide bonds. The highest BCUT2D eigenvalue weighted by Crippen LogP contribution is 2.25. The summed E-state index contributed by atoms with van der Waals surface area (Å²) in [7, 11) is 0. The highest BCUT2D eigenvalue weighted by atomic mass is 35.5. The van der Waals surface area contributed by atoms with Crippen molar-refractivity contribution in [1.29, 1.82) is 0 Å². The van der Waals surface area contributed by atoms with Crippen LogP contribution in [0.4, 0.5) is 11.4 Å². The maximum Gasteiger partial charge on any atom is 0.303 e. The summed E-state index contributed by atoms with van der Waals surface area (Å²) in [6.07, 6.45) is -0.918. The topological polar surface area (TPSA) is 133 Å². The maximum atomic E-state index is 11.5. The first-order valence-corrected chi connectivity index (χ1v) is 6.98. The van der Waals surface area contributed by atoms with Gasteiger partial charge in [-0.05, 0) is 18.2 Å². The Balaban J connectivity index is 2.60. The number of carboxylic acids is 2. The third-order valence-electron chi connectivity index (χ3n) is 2.66. The van der Waals surface area contributed by atoms with Crippen molar-refractivity contribution in [1.82, 2.24) is 0 Å². The van der Waals surface area contributed by atoms with E-state index in [-0.39, 0.29) is 36.4 Å². The van der Waals surface area contributed by atoms with Gasteiger partial charge in [-0.1, -0.05) is 11.6 Å². The second-order valence-electron chi connectivity index (χ2n) is 4.58. The smallest absolute Gasteiger partial charge is 0.303 e. The van der Waals surface area contributed by atoms with Crippen molar-refractivity contribution in [2.24, 2.45) is 0 Å². The van der Waals surface area contributed by atoms with E-state index >= 15 is 0 Å². The number of hydrogen-bond acceptors (Lipinski definition) is 4. The molecular weight excluding hydrogens is 328 g/mol. The molecule has 1 rings (SSSR count). The second kappa shape index (κ2) is 8.74. The maximum absolute atomic E-state index is 11.5. The molecular formula is C14H15ClN2O6. The number of rotatable bonds is 8. The molecule has 0 aliphatic heterocycles. The summed E-state index contributed by atoms with van der Waals surface area (Å²) in [6, 6.07) is 4.33. The summed E-state index contributed by atoms with van der Waals surface area (Å²) < 4.78 is 0. The predicted octanol–water partition coefficient (Wildman–Crippen LogP) is 1.95. The lowest BCUT2D eigenvalue weighted by atomic mass is 10.2. The zero-order valence-electron chi connectivity index (χ0n) is 12.0. The molecule has 0 bridgehead atoms. The van der Waals surface area contributed by atoms with Crippen molar-refractivity contribution in [3.05, 3.63) is 23.2 Å². The van der Waals surface area contributed by atoms with Gasteiger partial charge in [0.1, 0.15) is 0 Å². The lowest BCUT2D eigenvalue weighted by molar-refractivity contribution is -0.138. The summed E-state index contributed by atoms with van der Waals surface area (Å²) in [5.74, 6) is -3.11. The number of hydrogen-bond donors (Lipinski definition) is 4. The molecule has 4 N–H and O–H groups in total. The number of carbonyl (C=O) groups is 4. The number of anilines is 2. The highest BCUT2D eigenvalue weighted by Gasteiger charge is 2.10. The van der Waals surface area contributed by atoms with Crippen LogP contribution in [0, 0.1) is 0 Å². The largest absolute Gasteiger partial charge is 0.481 e. The minimum absolute atomic E-state index is 0.157. The van der Waals surface area contributed by atoms with E-state index in [9.17, 15) is 19.2 Å². The fraction of sp³-hybridized carbons (Fsp3) is 0.286. The van der Waals surface area contributed by atoms with Crippen LogP contribution >= 0.6 is 11.6 Å². The first kappa shape index (κ1) is 18.4. The molecule has 0 saturated heterocycles. The van der Waals surface area contributed by atoms with E-state index in [0.29, 0.717) is 5.69 Å². The minimum Gasteiger partial charge on any atom is -0.481 e. The Morgan fingerprint density at radius 2 is 1.39 bits per heavy atom. The van der Waals surface area contributed by atoms with E-state index in [0.717, 1.165) is 0 Å². The number of carbonyl (C=O) groups excluding carboxylic acids is 2. The molecule has 124 valence electrons. The van der Waals surface area contributed by atoms with Crippen molar-refractivity contribution >= 4 is 46.7 Å². The van der Waals surface area contributed by atoms with Crippen LogP contribution in [-0.4, -0.2) is 34.0 Å². The molecule has 0 spiro atoms. The van der Waals surface area contributed by atoms with Gasteiger partial charge >= 0.3 is 11.9 Å². The molecule has 0 aliphatic rings. The van der Waals surface area contributed by atoms with Crippen molar-refractivity contribution in [3.63, 3.8) is 0 Å². The Morgan fingerprint density at radius 1 is 0.870 bits per heavy atom.